The molecule has 2 aromatic heterocycles. The van der Waals surface area contributed by atoms with Gasteiger partial charge in [-0.1, -0.05) is 5.16 Å². The zero-order chi connectivity index (χ0) is 16.6. The molecule has 2 aromatic rings. The molecule has 23 heavy (non-hydrogen) atoms. The van der Waals surface area contributed by atoms with E-state index in [-0.39, 0.29) is 17.3 Å². The highest BCUT2D eigenvalue weighted by Crippen LogP contribution is 2.28. The summed E-state index contributed by atoms with van der Waals surface area (Å²) < 4.78 is 29.8. The highest BCUT2D eigenvalue weighted by molar-refractivity contribution is 7.88. The molecular weight excluding hydrogens is 320 g/mol. The van der Waals surface area contributed by atoms with Crippen molar-refractivity contribution in [3.63, 3.8) is 0 Å². The van der Waals surface area contributed by atoms with Crippen LogP contribution in [0.2, 0.25) is 0 Å². The lowest BCUT2D eigenvalue weighted by Gasteiger charge is -2.28. The average Bonchev–Trinajstić information content (AvgIpc) is 2.96. The minimum Gasteiger partial charge on any atom is -0.339 e. The zero-order valence-electron chi connectivity index (χ0n) is 12.9. The van der Waals surface area contributed by atoms with Gasteiger partial charge in [-0.3, -0.25) is 4.79 Å². The molecule has 0 atom stereocenters. The van der Waals surface area contributed by atoms with Crippen LogP contribution in [-0.2, 0) is 10.0 Å². The number of rotatable bonds is 3. The number of hydrogen-bond acceptors (Lipinski definition) is 6. The summed E-state index contributed by atoms with van der Waals surface area (Å²) in [7, 11) is -3.16. The number of aryl methyl sites for hydroxylation is 1. The first kappa shape index (κ1) is 15.9. The van der Waals surface area contributed by atoms with E-state index < -0.39 is 10.0 Å². The number of nitrogens with one attached hydrogen (secondary N) is 1. The van der Waals surface area contributed by atoms with Gasteiger partial charge >= 0.3 is 0 Å². The zero-order valence-corrected chi connectivity index (χ0v) is 13.8. The molecule has 1 aliphatic heterocycles. The van der Waals surface area contributed by atoms with Gasteiger partial charge in [0.15, 0.2) is 0 Å². The molecule has 1 fully saturated rings. The highest BCUT2D eigenvalue weighted by Gasteiger charge is 2.29. The van der Waals surface area contributed by atoms with Gasteiger partial charge in [0.05, 0.1) is 11.8 Å². The summed E-state index contributed by atoms with van der Waals surface area (Å²) in [6, 6.07) is 3.44. The second-order valence-electron chi connectivity index (χ2n) is 5.78. The summed E-state index contributed by atoms with van der Waals surface area (Å²) in [5, 5.41) is 3.88. The third-order valence-electron chi connectivity index (χ3n) is 4.01. The van der Waals surface area contributed by atoms with Crippen LogP contribution in [0.3, 0.4) is 0 Å². The van der Waals surface area contributed by atoms with Gasteiger partial charge in [-0.15, -0.1) is 0 Å². The van der Waals surface area contributed by atoms with Gasteiger partial charge in [0.1, 0.15) is 0 Å². The fourth-order valence-corrected chi connectivity index (χ4v) is 3.57. The minimum absolute atomic E-state index is 0.0128. The van der Waals surface area contributed by atoms with Gasteiger partial charge in [0.2, 0.25) is 21.7 Å². The number of H-pyrrole nitrogens is 1. The molecule has 8 nitrogen and oxygen atoms in total. The predicted octanol–water partition coefficient (Wildman–Crippen LogP) is 0.872. The molecule has 0 radical (unpaired) electrons. The Labute approximate surface area is 133 Å². The fraction of sp³-hybridized carbons (Fsp3) is 0.500. The van der Waals surface area contributed by atoms with E-state index in [0.717, 1.165) is 5.69 Å². The minimum atomic E-state index is -3.16. The third-order valence-corrected chi connectivity index (χ3v) is 5.31. The van der Waals surface area contributed by atoms with Crippen LogP contribution in [0.25, 0.3) is 11.4 Å². The van der Waals surface area contributed by atoms with E-state index in [1.54, 1.807) is 19.1 Å². The molecule has 1 N–H and O–H groups in total. The lowest BCUT2D eigenvalue weighted by molar-refractivity contribution is 0.271. The summed E-state index contributed by atoms with van der Waals surface area (Å²) in [6.07, 6.45) is 2.46. The molecule has 0 amide bonds. The van der Waals surface area contributed by atoms with Gasteiger partial charge in [0.25, 0.3) is 5.56 Å². The van der Waals surface area contributed by atoms with Crippen LogP contribution >= 0.6 is 0 Å². The smallest absolute Gasteiger partial charge is 0.259 e. The van der Waals surface area contributed by atoms with Gasteiger partial charge in [0, 0.05) is 24.7 Å². The number of sulfonamides is 1. The van der Waals surface area contributed by atoms with E-state index in [1.165, 1.54) is 10.6 Å². The van der Waals surface area contributed by atoms with E-state index in [9.17, 15) is 13.2 Å². The maximum absolute atomic E-state index is 11.9. The van der Waals surface area contributed by atoms with E-state index in [2.05, 4.69) is 15.1 Å². The topological polar surface area (TPSA) is 109 Å². The first-order valence-electron chi connectivity index (χ1n) is 7.33. The summed E-state index contributed by atoms with van der Waals surface area (Å²) in [5.74, 6) is 0.721. The first-order valence-corrected chi connectivity index (χ1v) is 9.18. The van der Waals surface area contributed by atoms with Crippen LogP contribution in [0.15, 0.2) is 21.5 Å². The summed E-state index contributed by atoms with van der Waals surface area (Å²) in [5.41, 5.74) is 0.860. The number of piperidine rings is 1. The molecule has 0 bridgehead atoms. The van der Waals surface area contributed by atoms with Crippen LogP contribution in [-0.4, -0.2) is 47.2 Å². The van der Waals surface area contributed by atoms with E-state index in [1.807, 2.05) is 0 Å². The first-order chi connectivity index (χ1) is 10.8. The lowest BCUT2D eigenvalue weighted by atomic mass is 9.98. The molecule has 1 aliphatic rings. The SMILES string of the molecule is Cc1ccc(-c2noc(C3CCN(S(C)(=O)=O)CC3)n2)c(=O)[nH]1. The van der Waals surface area contributed by atoms with Crippen LogP contribution in [0.1, 0.15) is 30.3 Å². The number of aromatic amines is 1. The van der Waals surface area contributed by atoms with Crippen molar-refractivity contribution in [1.82, 2.24) is 19.4 Å². The van der Waals surface area contributed by atoms with Crippen molar-refractivity contribution in [2.24, 2.45) is 0 Å². The molecular formula is C14H18N4O4S. The summed E-state index contributed by atoms with van der Waals surface area (Å²) in [4.78, 5) is 18.9. The van der Waals surface area contributed by atoms with Crippen LogP contribution in [0.5, 0.6) is 0 Å². The third kappa shape index (κ3) is 3.35. The Kier molecular flexibility index (Phi) is 4.07. The van der Waals surface area contributed by atoms with Crippen molar-refractivity contribution in [2.45, 2.75) is 25.7 Å². The van der Waals surface area contributed by atoms with Crippen molar-refractivity contribution in [1.29, 1.82) is 0 Å². The van der Waals surface area contributed by atoms with E-state index >= 15 is 0 Å². The summed E-state index contributed by atoms with van der Waals surface area (Å²) >= 11 is 0. The van der Waals surface area contributed by atoms with Crippen molar-refractivity contribution < 1.29 is 12.9 Å². The second kappa shape index (κ2) is 5.89. The molecule has 1 saturated heterocycles. The maximum Gasteiger partial charge on any atom is 0.259 e. The van der Waals surface area contributed by atoms with Crippen LogP contribution < -0.4 is 5.56 Å². The lowest BCUT2D eigenvalue weighted by Crippen LogP contribution is -2.37. The van der Waals surface area contributed by atoms with Gasteiger partial charge < -0.3 is 9.51 Å². The van der Waals surface area contributed by atoms with E-state index in [0.29, 0.717) is 37.4 Å². The largest absolute Gasteiger partial charge is 0.339 e. The molecule has 9 heteroatoms. The maximum atomic E-state index is 11.9. The highest BCUT2D eigenvalue weighted by atomic mass is 32.2. The van der Waals surface area contributed by atoms with Crippen molar-refractivity contribution >= 4 is 10.0 Å². The molecule has 3 heterocycles. The molecule has 3 rings (SSSR count). The standard InChI is InChI=1S/C14H18N4O4S/c1-9-3-4-11(13(19)15-9)12-16-14(22-17-12)10-5-7-18(8-6-10)23(2,20)21/h3-4,10H,5-8H2,1-2H3,(H,15,19). The van der Waals surface area contributed by atoms with Gasteiger partial charge in [-0.25, -0.2) is 12.7 Å². The van der Waals surface area contributed by atoms with Crippen molar-refractivity contribution in [3.8, 4) is 11.4 Å². The molecule has 0 aliphatic carbocycles. The Morgan fingerprint density at radius 3 is 2.61 bits per heavy atom. The van der Waals surface area contributed by atoms with E-state index in [4.69, 9.17) is 4.52 Å². The number of hydrogen-bond donors (Lipinski definition) is 1. The van der Waals surface area contributed by atoms with Crippen LogP contribution in [0.4, 0.5) is 0 Å². The molecule has 0 aromatic carbocycles. The van der Waals surface area contributed by atoms with Gasteiger partial charge in [-0.05, 0) is 31.9 Å². The van der Waals surface area contributed by atoms with Crippen molar-refractivity contribution in [3.05, 3.63) is 34.1 Å². The number of nitrogens with zero attached hydrogens (tertiary/aromatic N) is 3. The summed E-state index contributed by atoms with van der Waals surface area (Å²) in [6.45, 7) is 2.67. The monoisotopic (exact) mass is 338 g/mol. The Morgan fingerprint density at radius 2 is 2.00 bits per heavy atom. The molecule has 0 spiro atoms. The second-order valence-corrected chi connectivity index (χ2v) is 7.76. The predicted molar refractivity (Wildman–Crippen MR) is 83.5 cm³/mol. The van der Waals surface area contributed by atoms with Crippen molar-refractivity contribution in [2.75, 3.05) is 19.3 Å². The molecule has 0 saturated carbocycles. The Hall–Kier alpha value is -2.00. The molecule has 124 valence electrons. The number of pyridine rings is 1. The van der Waals surface area contributed by atoms with Gasteiger partial charge in [-0.2, -0.15) is 4.98 Å². The Morgan fingerprint density at radius 1 is 1.30 bits per heavy atom. The fourth-order valence-electron chi connectivity index (χ4n) is 2.69. The van der Waals surface area contributed by atoms with Crippen LogP contribution in [0, 0.1) is 6.92 Å². The Bertz CT molecular complexity index is 863. The Balaban J connectivity index is 1.77. The molecule has 0 unspecified atom stereocenters. The average molecular weight is 338 g/mol. The normalized spacial score (nSPS) is 17.5. The number of aromatic nitrogens is 3. The quantitative estimate of drug-likeness (QED) is 0.889.